The molecule has 2 nitrogen and oxygen atoms in total. The zero-order valence-electron chi connectivity index (χ0n) is 8.72. The Morgan fingerprint density at radius 1 is 1.35 bits per heavy atom. The molecule has 0 radical (unpaired) electrons. The van der Waals surface area contributed by atoms with Gasteiger partial charge in [-0.05, 0) is 24.6 Å². The molecule has 1 rings (SSSR count). The van der Waals surface area contributed by atoms with E-state index >= 15 is 0 Å². The topological polar surface area (TPSA) is 33.0 Å². The van der Waals surface area contributed by atoms with E-state index in [1.165, 1.54) is 0 Å². The second-order valence-electron chi connectivity index (χ2n) is 3.32. The number of nitrogens with zero attached hydrogens (tertiary/aromatic N) is 1. The van der Waals surface area contributed by atoms with E-state index in [1.54, 1.807) is 18.2 Å². The lowest BCUT2D eigenvalue weighted by Gasteiger charge is -2.09. The van der Waals surface area contributed by atoms with Gasteiger partial charge in [0.05, 0.1) is 12.2 Å². The van der Waals surface area contributed by atoms with Crippen molar-refractivity contribution in [3.8, 4) is 11.8 Å². The first-order valence-corrected chi connectivity index (χ1v) is 5.61. The first-order valence-electron chi connectivity index (χ1n) is 4.81. The minimum absolute atomic E-state index is 0.0648. The van der Waals surface area contributed by atoms with E-state index in [0.717, 1.165) is 0 Å². The Bertz CT molecular complexity index is 426. The fourth-order valence-corrected chi connectivity index (χ4v) is 1.50. The van der Waals surface area contributed by atoms with Gasteiger partial charge in [0.25, 0.3) is 0 Å². The maximum atomic E-state index is 11.9. The second kappa shape index (κ2) is 5.92. The zero-order valence-corrected chi connectivity index (χ0v) is 10.3. The average Bonchev–Trinajstić information content (AvgIpc) is 2.23. The minimum atomic E-state index is -4.17. The van der Waals surface area contributed by atoms with Crippen LogP contribution in [0.25, 0.3) is 0 Å². The first kappa shape index (κ1) is 13.8. The number of alkyl halides is 3. The van der Waals surface area contributed by atoms with E-state index in [-0.39, 0.29) is 13.0 Å². The van der Waals surface area contributed by atoms with Crippen molar-refractivity contribution in [2.24, 2.45) is 0 Å². The van der Waals surface area contributed by atoms with E-state index in [0.29, 0.717) is 15.8 Å². The van der Waals surface area contributed by atoms with Crippen LogP contribution in [0.4, 0.5) is 13.2 Å². The monoisotopic (exact) mass is 307 g/mol. The van der Waals surface area contributed by atoms with Crippen LogP contribution in [0.2, 0.25) is 0 Å². The summed E-state index contributed by atoms with van der Waals surface area (Å²) in [5.74, 6) is 0.295. The Balaban J connectivity index is 2.52. The van der Waals surface area contributed by atoms with Gasteiger partial charge in [-0.1, -0.05) is 15.9 Å². The summed E-state index contributed by atoms with van der Waals surface area (Å²) in [6, 6.07) is 6.69. The quantitative estimate of drug-likeness (QED) is 0.786. The summed E-state index contributed by atoms with van der Waals surface area (Å²) >= 11 is 3.20. The van der Waals surface area contributed by atoms with Gasteiger partial charge in [0.15, 0.2) is 0 Å². The van der Waals surface area contributed by atoms with E-state index < -0.39 is 12.6 Å². The van der Waals surface area contributed by atoms with Crippen molar-refractivity contribution in [3.05, 3.63) is 28.2 Å². The standard InChI is InChI=1S/C11H9BrF3NO/c12-9-3-2-8(7-16)10(6-9)17-5-1-4-11(13,14)15/h2-3,6H,1,4-5H2. The lowest BCUT2D eigenvalue weighted by atomic mass is 10.2. The molecule has 0 aliphatic rings. The Hall–Kier alpha value is -1.22. The fourth-order valence-electron chi connectivity index (χ4n) is 1.16. The van der Waals surface area contributed by atoms with Gasteiger partial charge in [0, 0.05) is 10.9 Å². The summed E-state index contributed by atoms with van der Waals surface area (Å²) in [6.07, 6.45) is -5.18. The maximum Gasteiger partial charge on any atom is 0.389 e. The number of ether oxygens (including phenoxy) is 1. The number of benzene rings is 1. The molecule has 0 heterocycles. The van der Waals surface area contributed by atoms with Gasteiger partial charge in [0.1, 0.15) is 11.8 Å². The molecule has 0 aliphatic carbocycles. The minimum Gasteiger partial charge on any atom is -0.492 e. The third-order valence-corrected chi connectivity index (χ3v) is 2.42. The summed E-state index contributed by atoms with van der Waals surface area (Å²) in [5.41, 5.74) is 0.306. The van der Waals surface area contributed by atoms with Crippen molar-refractivity contribution >= 4 is 15.9 Å². The molecule has 0 spiro atoms. The summed E-state index contributed by atoms with van der Waals surface area (Å²) in [6.45, 7) is -0.0648. The highest BCUT2D eigenvalue weighted by Gasteiger charge is 2.26. The molecule has 0 fully saturated rings. The molecule has 1 aromatic rings. The molecule has 92 valence electrons. The highest BCUT2D eigenvalue weighted by Crippen LogP contribution is 2.25. The van der Waals surface area contributed by atoms with E-state index in [2.05, 4.69) is 15.9 Å². The van der Waals surface area contributed by atoms with Crippen LogP contribution in [0.3, 0.4) is 0 Å². The van der Waals surface area contributed by atoms with Gasteiger partial charge < -0.3 is 4.74 Å². The molecule has 0 saturated heterocycles. The summed E-state index contributed by atoms with van der Waals surface area (Å²) in [4.78, 5) is 0. The van der Waals surface area contributed by atoms with Crippen LogP contribution in [0.15, 0.2) is 22.7 Å². The second-order valence-corrected chi connectivity index (χ2v) is 4.24. The molecule has 1 aromatic carbocycles. The lowest BCUT2D eigenvalue weighted by molar-refractivity contribution is -0.136. The van der Waals surface area contributed by atoms with Crippen molar-refractivity contribution in [1.82, 2.24) is 0 Å². The molecule has 0 aromatic heterocycles. The Labute approximate surface area is 105 Å². The summed E-state index contributed by atoms with van der Waals surface area (Å²) < 4.78 is 41.5. The number of rotatable bonds is 4. The largest absolute Gasteiger partial charge is 0.492 e. The molecule has 0 amide bonds. The van der Waals surface area contributed by atoms with Crippen LogP contribution in [0.1, 0.15) is 18.4 Å². The van der Waals surface area contributed by atoms with Gasteiger partial charge in [-0.3, -0.25) is 0 Å². The van der Waals surface area contributed by atoms with E-state index in [4.69, 9.17) is 10.00 Å². The third-order valence-electron chi connectivity index (χ3n) is 1.93. The van der Waals surface area contributed by atoms with Crippen LogP contribution < -0.4 is 4.74 Å². The summed E-state index contributed by atoms with van der Waals surface area (Å²) in [7, 11) is 0. The first-order chi connectivity index (χ1) is 7.92. The third kappa shape index (κ3) is 5.09. The molecule has 0 atom stereocenters. The molecule has 0 N–H and O–H groups in total. The van der Waals surface area contributed by atoms with Gasteiger partial charge in [-0.25, -0.2) is 0 Å². The van der Waals surface area contributed by atoms with Crippen LogP contribution in [-0.4, -0.2) is 12.8 Å². The molecular formula is C11H9BrF3NO. The molecule has 17 heavy (non-hydrogen) atoms. The molecular weight excluding hydrogens is 299 g/mol. The normalized spacial score (nSPS) is 11.0. The van der Waals surface area contributed by atoms with Crippen LogP contribution in [0.5, 0.6) is 5.75 Å². The highest BCUT2D eigenvalue weighted by molar-refractivity contribution is 9.10. The fraction of sp³-hybridized carbons (Fsp3) is 0.364. The van der Waals surface area contributed by atoms with Crippen LogP contribution in [-0.2, 0) is 0 Å². The molecule has 0 bridgehead atoms. The number of nitriles is 1. The van der Waals surface area contributed by atoms with Crippen molar-refractivity contribution in [3.63, 3.8) is 0 Å². The SMILES string of the molecule is N#Cc1ccc(Br)cc1OCCCC(F)(F)F. The molecule has 0 aliphatic heterocycles. The van der Waals surface area contributed by atoms with Crippen molar-refractivity contribution in [2.45, 2.75) is 19.0 Å². The summed E-state index contributed by atoms with van der Waals surface area (Å²) in [5, 5.41) is 8.77. The molecule has 0 saturated carbocycles. The average molecular weight is 308 g/mol. The Morgan fingerprint density at radius 3 is 2.65 bits per heavy atom. The predicted octanol–water partition coefficient (Wildman–Crippen LogP) is 4.04. The highest BCUT2D eigenvalue weighted by atomic mass is 79.9. The predicted molar refractivity (Wildman–Crippen MR) is 59.6 cm³/mol. The van der Waals surface area contributed by atoms with Gasteiger partial charge in [0.2, 0.25) is 0 Å². The Kier molecular flexibility index (Phi) is 4.82. The van der Waals surface area contributed by atoms with Crippen molar-refractivity contribution in [2.75, 3.05) is 6.61 Å². The number of hydrogen-bond acceptors (Lipinski definition) is 2. The smallest absolute Gasteiger partial charge is 0.389 e. The lowest BCUT2D eigenvalue weighted by Crippen LogP contribution is -2.10. The van der Waals surface area contributed by atoms with Gasteiger partial charge >= 0.3 is 6.18 Å². The molecule has 6 heteroatoms. The van der Waals surface area contributed by atoms with Gasteiger partial charge in [-0.2, -0.15) is 18.4 Å². The Morgan fingerprint density at radius 2 is 2.06 bits per heavy atom. The van der Waals surface area contributed by atoms with Crippen LogP contribution >= 0.6 is 15.9 Å². The zero-order chi connectivity index (χ0) is 12.9. The number of hydrogen-bond donors (Lipinski definition) is 0. The maximum absolute atomic E-state index is 11.9. The molecule has 0 unspecified atom stereocenters. The van der Waals surface area contributed by atoms with Crippen molar-refractivity contribution in [1.29, 1.82) is 5.26 Å². The van der Waals surface area contributed by atoms with Crippen LogP contribution in [0, 0.1) is 11.3 Å². The van der Waals surface area contributed by atoms with Gasteiger partial charge in [-0.15, -0.1) is 0 Å². The number of halogens is 4. The van der Waals surface area contributed by atoms with Crippen molar-refractivity contribution < 1.29 is 17.9 Å². The van der Waals surface area contributed by atoms with E-state index in [9.17, 15) is 13.2 Å². The van der Waals surface area contributed by atoms with E-state index in [1.807, 2.05) is 6.07 Å².